The number of hydrogen-bond acceptors (Lipinski definition) is 4. The van der Waals surface area contributed by atoms with Gasteiger partial charge in [-0.15, -0.1) is 11.3 Å². The van der Waals surface area contributed by atoms with E-state index in [4.69, 9.17) is 9.40 Å². The first kappa shape index (κ1) is 34.7. The summed E-state index contributed by atoms with van der Waals surface area (Å²) in [5, 5.41) is 3.14. The van der Waals surface area contributed by atoms with Crippen LogP contribution in [0.3, 0.4) is 0 Å². The third-order valence-electron chi connectivity index (χ3n) is 11.1. The van der Waals surface area contributed by atoms with Gasteiger partial charge in [-0.25, -0.2) is 4.98 Å². The van der Waals surface area contributed by atoms with Gasteiger partial charge < -0.3 is 9.32 Å². The molecule has 0 amide bonds. The second-order valence-corrected chi connectivity index (χ2v) is 15.7. The minimum atomic E-state index is 0.869. The predicted octanol–water partition coefficient (Wildman–Crippen LogP) is 16.0. The lowest BCUT2D eigenvalue weighted by atomic mass is 9.94. The van der Waals surface area contributed by atoms with E-state index in [9.17, 15) is 0 Å². The van der Waals surface area contributed by atoms with E-state index in [0.29, 0.717) is 0 Å². The summed E-state index contributed by atoms with van der Waals surface area (Å²) in [6.45, 7) is 0. The van der Waals surface area contributed by atoms with Gasteiger partial charge in [0, 0.05) is 38.8 Å². The first-order chi connectivity index (χ1) is 29.2. The van der Waals surface area contributed by atoms with E-state index in [2.05, 4.69) is 211 Å². The average Bonchev–Trinajstić information content (AvgIpc) is 3.92. The summed E-state index contributed by atoms with van der Waals surface area (Å²) in [4.78, 5) is 7.64. The lowest BCUT2D eigenvalue weighted by Gasteiger charge is -2.29. The molecule has 11 aromatic rings. The molecule has 0 aliphatic rings. The first-order valence-electron chi connectivity index (χ1n) is 19.9. The SMILES string of the molecule is c1ccc(-c2ccc(N(c3cccc(-c4ccccc4)c3)c3ccc(-c4c5oc6ccccc6c5cc5nc(-c6ccccc6)sc45)cc3-c3ccccc3)cc2)cc1. The third kappa shape index (κ3) is 6.37. The van der Waals surface area contributed by atoms with Gasteiger partial charge >= 0.3 is 0 Å². The van der Waals surface area contributed by atoms with Crippen molar-refractivity contribution in [2.24, 2.45) is 0 Å². The number of rotatable bonds is 8. The second kappa shape index (κ2) is 14.8. The van der Waals surface area contributed by atoms with Crippen molar-refractivity contribution in [1.82, 2.24) is 4.98 Å². The Balaban J connectivity index is 1.16. The molecule has 0 aliphatic heterocycles. The van der Waals surface area contributed by atoms with E-state index in [1.165, 1.54) is 16.7 Å². The number of fused-ring (bicyclic) bond motifs is 4. The maximum absolute atomic E-state index is 6.79. The number of anilines is 3. The van der Waals surface area contributed by atoms with Crippen LogP contribution in [0.4, 0.5) is 17.1 Å². The number of hydrogen-bond donors (Lipinski definition) is 0. The molecule has 2 heterocycles. The topological polar surface area (TPSA) is 29.3 Å². The lowest BCUT2D eigenvalue weighted by molar-refractivity contribution is 0.670. The number of para-hydroxylation sites is 1. The van der Waals surface area contributed by atoms with E-state index >= 15 is 0 Å². The van der Waals surface area contributed by atoms with Crippen molar-refractivity contribution >= 4 is 60.6 Å². The van der Waals surface area contributed by atoms with E-state index < -0.39 is 0 Å². The molecule has 59 heavy (non-hydrogen) atoms. The molecule has 0 bridgehead atoms. The maximum Gasteiger partial charge on any atom is 0.144 e. The van der Waals surface area contributed by atoms with Crippen LogP contribution >= 0.6 is 11.3 Å². The van der Waals surface area contributed by atoms with E-state index in [1.807, 2.05) is 12.1 Å². The molecule has 0 saturated heterocycles. The fourth-order valence-electron chi connectivity index (χ4n) is 8.26. The summed E-state index contributed by atoms with van der Waals surface area (Å²) in [5.41, 5.74) is 16.1. The highest BCUT2D eigenvalue weighted by Gasteiger charge is 2.23. The Hall–Kier alpha value is -7.53. The number of nitrogens with zero attached hydrogens (tertiary/aromatic N) is 2. The van der Waals surface area contributed by atoms with Crippen LogP contribution in [0.15, 0.2) is 223 Å². The molecule has 0 atom stereocenters. The van der Waals surface area contributed by atoms with Gasteiger partial charge in [-0.3, -0.25) is 0 Å². The van der Waals surface area contributed by atoms with E-state index in [1.54, 1.807) is 11.3 Å². The monoisotopic (exact) mass is 772 g/mol. The molecule has 0 radical (unpaired) electrons. The lowest BCUT2D eigenvalue weighted by Crippen LogP contribution is -2.11. The number of thiazole rings is 1. The van der Waals surface area contributed by atoms with Gasteiger partial charge in [0.15, 0.2) is 0 Å². The van der Waals surface area contributed by atoms with Crippen molar-refractivity contribution in [3.8, 4) is 55.1 Å². The largest absolute Gasteiger partial charge is 0.455 e. The Morgan fingerprint density at radius 2 is 0.983 bits per heavy atom. The number of benzene rings is 9. The number of furan rings is 1. The molecule has 9 aromatic carbocycles. The van der Waals surface area contributed by atoms with Crippen molar-refractivity contribution in [3.63, 3.8) is 0 Å². The third-order valence-corrected chi connectivity index (χ3v) is 12.2. The van der Waals surface area contributed by atoms with Gasteiger partial charge in [0.1, 0.15) is 16.2 Å². The van der Waals surface area contributed by atoms with E-state index in [0.717, 1.165) is 87.6 Å². The van der Waals surface area contributed by atoms with Crippen molar-refractivity contribution in [2.45, 2.75) is 0 Å². The fourth-order valence-corrected chi connectivity index (χ4v) is 9.37. The molecule has 0 aliphatic carbocycles. The summed E-state index contributed by atoms with van der Waals surface area (Å²) in [7, 11) is 0. The Morgan fingerprint density at radius 3 is 1.69 bits per heavy atom. The molecular formula is C55H36N2OS. The summed E-state index contributed by atoms with van der Waals surface area (Å²) in [6.07, 6.45) is 0. The summed E-state index contributed by atoms with van der Waals surface area (Å²) in [5.74, 6) is 0. The van der Waals surface area contributed by atoms with Crippen LogP contribution in [0, 0.1) is 0 Å². The maximum atomic E-state index is 6.79. The van der Waals surface area contributed by atoms with E-state index in [-0.39, 0.29) is 0 Å². The van der Waals surface area contributed by atoms with Gasteiger partial charge in [-0.05, 0) is 81.9 Å². The summed E-state index contributed by atoms with van der Waals surface area (Å²) >= 11 is 1.72. The van der Waals surface area contributed by atoms with Crippen LogP contribution in [0.25, 0.3) is 87.2 Å². The fraction of sp³-hybridized carbons (Fsp3) is 0. The average molecular weight is 773 g/mol. The van der Waals surface area contributed by atoms with Crippen molar-refractivity contribution in [3.05, 3.63) is 218 Å². The summed E-state index contributed by atoms with van der Waals surface area (Å²) in [6, 6.07) is 77.5. The van der Waals surface area contributed by atoms with Crippen LogP contribution in [0.5, 0.6) is 0 Å². The molecule has 0 unspecified atom stereocenters. The highest BCUT2D eigenvalue weighted by atomic mass is 32.1. The second-order valence-electron chi connectivity index (χ2n) is 14.7. The Morgan fingerprint density at radius 1 is 0.407 bits per heavy atom. The molecule has 0 spiro atoms. The molecule has 0 N–H and O–H groups in total. The summed E-state index contributed by atoms with van der Waals surface area (Å²) < 4.78 is 7.90. The van der Waals surface area contributed by atoms with Crippen molar-refractivity contribution in [1.29, 1.82) is 0 Å². The van der Waals surface area contributed by atoms with Crippen molar-refractivity contribution in [2.75, 3.05) is 4.90 Å². The Kier molecular flexibility index (Phi) is 8.68. The van der Waals surface area contributed by atoms with Crippen LogP contribution in [0.1, 0.15) is 0 Å². The molecule has 3 nitrogen and oxygen atoms in total. The van der Waals surface area contributed by atoms with Crippen LogP contribution in [-0.2, 0) is 0 Å². The van der Waals surface area contributed by atoms with Crippen LogP contribution in [-0.4, -0.2) is 4.98 Å². The van der Waals surface area contributed by atoms with Gasteiger partial charge in [-0.1, -0.05) is 170 Å². The predicted molar refractivity (Wildman–Crippen MR) is 249 cm³/mol. The Bertz CT molecular complexity index is 3250. The molecule has 4 heteroatoms. The Labute approximate surface area is 346 Å². The van der Waals surface area contributed by atoms with Crippen molar-refractivity contribution < 1.29 is 4.42 Å². The smallest absolute Gasteiger partial charge is 0.144 e. The molecule has 0 fully saturated rings. The van der Waals surface area contributed by atoms with Crippen LogP contribution < -0.4 is 4.90 Å². The van der Waals surface area contributed by atoms with Gasteiger partial charge in [0.25, 0.3) is 0 Å². The quantitative estimate of drug-likeness (QED) is 0.154. The zero-order valence-electron chi connectivity index (χ0n) is 32.0. The minimum Gasteiger partial charge on any atom is -0.455 e. The van der Waals surface area contributed by atoms with Gasteiger partial charge in [0.2, 0.25) is 0 Å². The molecular weight excluding hydrogens is 737 g/mol. The van der Waals surface area contributed by atoms with Gasteiger partial charge in [-0.2, -0.15) is 0 Å². The molecule has 11 rings (SSSR count). The highest BCUT2D eigenvalue weighted by Crippen LogP contribution is 2.48. The zero-order valence-corrected chi connectivity index (χ0v) is 32.8. The minimum absolute atomic E-state index is 0.869. The first-order valence-corrected chi connectivity index (χ1v) is 20.7. The zero-order chi connectivity index (χ0) is 39.1. The van der Waals surface area contributed by atoms with Gasteiger partial charge in [0.05, 0.1) is 15.9 Å². The standard InChI is InChI=1S/C55H36N2OS/c1-5-16-37(17-6-1)39-28-31-44(32-29-39)57(45-25-15-24-42(34-45)38-18-7-2-8-19-38)50-33-30-43(35-47(50)40-20-9-3-10-21-40)52-53-48(46-26-13-14-27-51(46)58-53)36-49-54(52)59-55(56-49)41-22-11-4-12-23-41/h1-36H. The molecule has 278 valence electrons. The number of aromatic nitrogens is 1. The van der Waals surface area contributed by atoms with Crippen LogP contribution in [0.2, 0.25) is 0 Å². The highest BCUT2D eigenvalue weighted by molar-refractivity contribution is 7.22. The molecule has 2 aromatic heterocycles. The normalized spacial score (nSPS) is 11.4. The molecule has 0 saturated carbocycles.